The third-order valence-corrected chi connectivity index (χ3v) is 6.08. The second-order valence-corrected chi connectivity index (χ2v) is 8.23. The minimum absolute atomic E-state index is 0.0176. The highest BCUT2D eigenvalue weighted by Crippen LogP contribution is 2.20. The molecule has 0 saturated carbocycles. The first-order valence-corrected chi connectivity index (χ1v) is 11.0. The first-order valence-electron chi connectivity index (χ1n) is 11.0. The SMILES string of the molecule is COCCn1c(CCC2CCNCC2)nc2c(=O)n(CCCCC(=O)O)c(=O)n(C)c21. The van der Waals surface area contributed by atoms with E-state index in [4.69, 9.17) is 9.84 Å². The summed E-state index contributed by atoms with van der Waals surface area (Å²) in [6.45, 7) is 3.23. The van der Waals surface area contributed by atoms with Gasteiger partial charge >= 0.3 is 11.7 Å². The van der Waals surface area contributed by atoms with Crippen LogP contribution in [0.15, 0.2) is 9.59 Å². The predicted molar refractivity (Wildman–Crippen MR) is 117 cm³/mol. The maximum atomic E-state index is 13.1. The molecule has 0 aromatic carbocycles. The van der Waals surface area contributed by atoms with Crippen LogP contribution in [0.1, 0.15) is 44.3 Å². The highest BCUT2D eigenvalue weighted by Gasteiger charge is 2.21. The third-order valence-electron chi connectivity index (χ3n) is 6.08. The molecule has 10 heteroatoms. The highest BCUT2D eigenvalue weighted by molar-refractivity contribution is 5.71. The fourth-order valence-electron chi connectivity index (χ4n) is 4.31. The standard InChI is InChI=1S/C21H33N5O5/c1-24-19-18(20(29)26(21(24)30)12-4-3-5-17(27)28)23-16(25(19)13-14-31-2)7-6-15-8-10-22-11-9-15/h15,22H,3-14H2,1-2H3,(H,27,28). The average molecular weight is 436 g/mol. The van der Waals surface area contributed by atoms with Crippen molar-refractivity contribution >= 4 is 17.1 Å². The van der Waals surface area contributed by atoms with Gasteiger partial charge in [-0.05, 0) is 51.1 Å². The molecule has 0 spiro atoms. The number of aromatic nitrogens is 4. The van der Waals surface area contributed by atoms with Crippen LogP contribution in [0, 0.1) is 5.92 Å². The number of piperidine rings is 1. The monoisotopic (exact) mass is 435 g/mol. The van der Waals surface area contributed by atoms with Gasteiger partial charge in [0.05, 0.1) is 6.61 Å². The molecule has 0 amide bonds. The zero-order valence-electron chi connectivity index (χ0n) is 18.4. The van der Waals surface area contributed by atoms with Crippen LogP contribution in [0.3, 0.4) is 0 Å². The summed E-state index contributed by atoms with van der Waals surface area (Å²) in [7, 11) is 3.27. The number of hydrogen-bond donors (Lipinski definition) is 2. The topological polar surface area (TPSA) is 120 Å². The molecule has 0 aliphatic carbocycles. The van der Waals surface area contributed by atoms with Gasteiger partial charge in [-0.2, -0.15) is 0 Å². The zero-order valence-corrected chi connectivity index (χ0v) is 18.4. The van der Waals surface area contributed by atoms with Gasteiger partial charge in [0.25, 0.3) is 5.56 Å². The van der Waals surface area contributed by atoms with Crippen LogP contribution in [-0.4, -0.2) is 56.6 Å². The summed E-state index contributed by atoms with van der Waals surface area (Å²) in [4.78, 5) is 41.4. The van der Waals surface area contributed by atoms with Crippen molar-refractivity contribution in [1.82, 2.24) is 24.0 Å². The van der Waals surface area contributed by atoms with Gasteiger partial charge in [-0.3, -0.25) is 18.7 Å². The van der Waals surface area contributed by atoms with Gasteiger partial charge in [-0.25, -0.2) is 9.78 Å². The number of aryl methyl sites for hydroxylation is 2. The third kappa shape index (κ3) is 5.43. The van der Waals surface area contributed by atoms with Crippen LogP contribution >= 0.6 is 0 Å². The number of methoxy groups -OCH3 is 1. The van der Waals surface area contributed by atoms with E-state index < -0.39 is 17.2 Å². The molecule has 1 aliphatic heterocycles. The van der Waals surface area contributed by atoms with Crippen LogP contribution in [0.4, 0.5) is 0 Å². The van der Waals surface area contributed by atoms with Crippen molar-refractivity contribution in [3.05, 3.63) is 26.7 Å². The predicted octanol–water partition coefficient (Wildman–Crippen LogP) is 0.730. The lowest BCUT2D eigenvalue weighted by molar-refractivity contribution is -0.137. The van der Waals surface area contributed by atoms with Crippen molar-refractivity contribution < 1.29 is 14.6 Å². The number of nitrogens with one attached hydrogen (secondary N) is 1. The van der Waals surface area contributed by atoms with Crippen molar-refractivity contribution in [3.63, 3.8) is 0 Å². The van der Waals surface area contributed by atoms with Gasteiger partial charge < -0.3 is 19.7 Å². The Morgan fingerprint density at radius 2 is 1.94 bits per heavy atom. The largest absolute Gasteiger partial charge is 0.481 e. The molecule has 2 aromatic heterocycles. The number of nitrogens with zero attached hydrogens (tertiary/aromatic N) is 4. The Bertz CT molecular complexity index is 1020. The molecule has 2 aromatic rings. The van der Waals surface area contributed by atoms with Gasteiger partial charge in [-0.15, -0.1) is 0 Å². The van der Waals surface area contributed by atoms with Gasteiger partial charge in [0.2, 0.25) is 0 Å². The van der Waals surface area contributed by atoms with Gasteiger partial charge in [0, 0.05) is 40.1 Å². The summed E-state index contributed by atoms with van der Waals surface area (Å²) in [5.74, 6) is 0.555. The molecule has 10 nitrogen and oxygen atoms in total. The Balaban J connectivity index is 1.93. The molecule has 31 heavy (non-hydrogen) atoms. The maximum absolute atomic E-state index is 13.1. The van der Waals surface area contributed by atoms with Gasteiger partial charge in [0.1, 0.15) is 11.5 Å². The minimum atomic E-state index is -0.883. The van der Waals surface area contributed by atoms with Crippen LogP contribution in [0.2, 0.25) is 0 Å². The zero-order chi connectivity index (χ0) is 22.4. The van der Waals surface area contributed by atoms with Crippen molar-refractivity contribution in [2.75, 3.05) is 26.8 Å². The smallest absolute Gasteiger partial charge is 0.332 e. The number of fused-ring (bicyclic) bond motifs is 1. The number of hydrogen-bond acceptors (Lipinski definition) is 6. The highest BCUT2D eigenvalue weighted by atomic mass is 16.5. The Kier molecular flexibility index (Phi) is 8.03. The molecule has 1 saturated heterocycles. The molecule has 0 radical (unpaired) electrons. The van der Waals surface area contributed by atoms with E-state index >= 15 is 0 Å². The number of rotatable bonds is 11. The Morgan fingerprint density at radius 3 is 2.61 bits per heavy atom. The lowest BCUT2D eigenvalue weighted by atomic mass is 9.93. The van der Waals surface area contributed by atoms with E-state index in [2.05, 4.69) is 10.3 Å². The number of unbranched alkanes of at least 4 members (excludes halogenated alkanes) is 1. The lowest BCUT2D eigenvalue weighted by Crippen LogP contribution is -2.39. The van der Waals surface area contributed by atoms with E-state index in [1.165, 1.54) is 9.13 Å². The molecule has 1 aliphatic rings. The summed E-state index contributed by atoms with van der Waals surface area (Å²) >= 11 is 0. The molecule has 3 rings (SSSR count). The number of aliphatic carboxylic acids is 1. The van der Waals surface area contributed by atoms with E-state index in [1.54, 1.807) is 14.2 Å². The average Bonchev–Trinajstić information content (AvgIpc) is 3.13. The summed E-state index contributed by atoms with van der Waals surface area (Å²) < 4.78 is 9.84. The Morgan fingerprint density at radius 1 is 1.19 bits per heavy atom. The van der Waals surface area contributed by atoms with Crippen LogP contribution in [-0.2, 0) is 36.1 Å². The molecule has 1 fully saturated rings. The maximum Gasteiger partial charge on any atom is 0.332 e. The van der Waals surface area contributed by atoms with E-state index in [1.807, 2.05) is 4.57 Å². The number of carboxylic acids is 1. The first kappa shape index (κ1) is 23.2. The number of imidazole rings is 1. The van der Waals surface area contributed by atoms with E-state index in [9.17, 15) is 14.4 Å². The molecule has 0 bridgehead atoms. The van der Waals surface area contributed by atoms with Crippen molar-refractivity contribution in [3.8, 4) is 0 Å². The first-order chi connectivity index (χ1) is 14.9. The fourth-order valence-corrected chi connectivity index (χ4v) is 4.31. The molecular weight excluding hydrogens is 402 g/mol. The summed E-state index contributed by atoms with van der Waals surface area (Å²) in [5, 5.41) is 12.2. The van der Waals surface area contributed by atoms with E-state index in [0.717, 1.165) is 44.6 Å². The van der Waals surface area contributed by atoms with Gasteiger partial charge in [-0.1, -0.05) is 0 Å². The van der Waals surface area contributed by atoms with Crippen LogP contribution in [0.25, 0.3) is 11.2 Å². The molecule has 172 valence electrons. The minimum Gasteiger partial charge on any atom is -0.481 e. The van der Waals surface area contributed by atoms with Crippen LogP contribution < -0.4 is 16.6 Å². The van der Waals surface area contributed by atoms with Crippen LogP contribution in [0.5, 0.6) is 0 Å². The van der Waals surface area contributed by atoms with Crippen molar-refractivity contribution in [2.45, 2.75) is 58.0 Å². The Labute approximate surface area is 180 Å². The summed E-state index contributed by atoms with van der Waals surface area (Å²) in [5.41, 5.74) is -0.00472. The van der Waals surface area contributed by atoms with Crippen molar-refractivity contribution in [1.29, 1.82) is 0 Å². The normalized spacial score (nSPS) is 15.0. The van der Waals surface area contributed by atoms with Gasteiger partial charge in [0.15, 0.2) is 5.52 Å². The molecule has 0 atom stereocenters. The summed E-state index contributed by atoms with van der Waals surface area (Å²) in [6.07, 6.45) is 4.89. The second kappa shape index (κ2) is 10.7. The quantitative estimate of drug-likeness (QED) is 0.499. The second-order valence-electron chi connectivity index (χ2n) is 8.23. The van der Waals surface area contributed by atoms with E-state index in [-0.39, 0.29) is 18.5 Å². The fraction of sp³-hybridized carbons (Fsp3) is 0.714. The number of carboxylic acid groups (broad SMARTS) is 1. The van der Waals surface area contributed by atoms with Crippen molar-refractivity contribution in [2.24, 2.45) is 13.0 Å². The molecular formula is C21H33N5O5. The lowest BCUT2D eigenvalue weighted by Gasteiger charge is -2.22. The summed E-state index contributed by atoms with van der Waals surface area (Å²) in [6, 6.07) is 0. The van der Waals surface area contributed by atoms with E-state index in [0.29, 0.717) is 37.6 Å². The molecule has 2 N–H and O–H groups in total. The number of carbonyl (C=O) groups is 1. The molecule has 0 unspecified atom stereocenters. The molecule has 3 heterocycles. The Hall–Kier alpha value is -2.46. The number of ether oxygens (including phenoxy) is 1.